The van der Waals surface area contributed by atoms with Gasteiger partial charge < -0.3 is 9.74 Å². The third kappa shape index (κ3) is 2.63. The first kappa shape index (κ1) is 14.7. The van der Waals surface area contributed by atoms with Crippen molar-refractivity contribution < 1.29 is 28.8 Å². The zero-order chi connectivity index (χ0) is 16.6. The van der Waals surface area contributed by atoms with Crippen LogP contribution in [0.3, 0.4) is 0 Å². The number of urea groups is 1. The fraction of sp³-hybridized carbons (Fsp3) is 0.214. The third-order valence-corrected chi connectivity index (χ3v) is 3.41. The minimum Gasteiger partial charge on any atom is -0.328 e. The summed E-state index contributed by atoms with van der Waals surface area (Å²) in [5.41, 5.74) is 0.290. The number of rotatable bonds is 3. The van der Waals surface area contributed by atoms with E-state index >= 15 is 0 Å². The second-order valence-electron chi connectivity index (χ2n) is 4.94. The Hall–Kier alpha value is -3.23. The lowest BCUT2D eigenvalue weighted by molar-refractivity contribution is -0.169. The summed E-state index contributed by atoms with van der Waals surface area (Å²) in [7, 11) is 0. The van der Waals surface area contributed by atoms with Crippen molar-refractivity contribution in [3.63, 3.8) is 0 Å². The molecule has 23 heavy (non-hydrogen) atoms. The van der Waals surface area contributed by atoms with Crippen molar-refractivity contribution >= 4 is 29.7 Å². The number of nitrogens with one attached hydrogen (secondary N) is 1. The molecular weight excluding hydrogens is 306 g/mol. The van der Waals surface area contributed by atoms with Crippen LogP contribution in [-0.4, -0.2) is 52.8 Å². The Balaban J connectivity index is 1.65. The Morgan fingerprint density at radius 3 is 2.26 bits per heavy atom. The molecule has 118 valence electrons. The molecule has 0 spiro atoms. The number of benzene rings is 1. The first-order valence-corrected chi connectivity index (χ1v) is 6.75. The maximum atomic E-state index is 12.0. The molecule has 9 nitrogen and oxygen atoms in total. The van der Waals surface area contributed by atoms with E-state index in [2.05, 4.69) is 5.32 Å². The highest BCUT2D eigenvalue weighted by Gasteiger charge is 2.39. The molecule has 1 saturated heterocycles. The Bertz CT molecular complexity index is 709. The molecule has 1 N–H and O–H groups in total. The van der Waals surface area contributed by atoms with Gasteiger partial charge in [0.1, 0.15) is 6.54 Å². The predicted molar refractivity (Wildman–Crippen MR) is 72.8 cm³/mol. The zero-order valence-electron chi connectivity index (χ0n) is 11.8. The number of nitrogens with zero attached hydrogens (tertiary/aromatic N) is 2. The van der Waals surface area contributed by atoms with Crippen LogP contribution >= 0.6 is 0 Å². The van der Waals surface area contributed by atoms with Crippen molar-refractivity contribution in [3.8, 4) is 0 Å². The molecule has 0 aromatic heterocycles. The van der Waals surface area contributed by atoms with E-state index in [1.54, 1.807) is 12.1 Å². The lowest BCUT2D eigenvalue weighted by Gasteiger charge is -2.25. The summed E-state index contributed by atoms with van der Waals surface area (Å²) in [4.78, 5) is 64.3. The number of amides is 5. The van der Waals surface area contributed by atoms with Gasteiger partial charge in [-0.15, -0.1) is 0 Å². The maximum absolute atomic E-state index is 12.0. The van der Waals surface area contributed by atoms with Gasteiger partial charge in [0.25, 0.3) is 11.8 Å². The normalized spacial score (nSPS) is 17.2. The number of hydrogen-bond acceptors (Lipinski definition) is 6. The van der Waals surface area contributed by atoms with Crippen LogP contribution in [0.15, 0.2) is 24.3 Å². The lowest BCUT2D eigenvalue weighted by Crippen LogP contribution is -2.51. The maximum Gasteiger partial charge on any atom is 0.352 e. The molecule has 1 aromatic carbocycles. The van der Waals surface area contributed by atoms with E-state index in [4.69, 9.17) is 4.84 Å². The zero-order valence-corrected chi connectivity index (χ0v) is 11.8. The summed E-state index contributed by atoms with van der Waals surface area (Å²) in [6.45, 7) is -0.422. The van der Waals surface area contributed by atoms with Gasteiger partial charge in [-0.1, -0.05) is 17.2 Å². The van der Waals surface area contributed by atoms with Crippen molar-refractivity contribution in [2.45, 2.75) is 6.42 Å². The SMILES string of the molecule is O=C1CCN(CC(=O)ON2C(=O)c3ccccc3C2=O)C(=O)N1. The van der Waals surface area contributed by atoms with Gasteiger partial charge in [0.15, 0.2) is 0 Å². The summed E-state index contributed by atoms with van der Waals surface area (Å²) in [6, 6.07) is 5.36. The first-order chi connectivity index (χ1) is 11.0. The van der Waals surface area contributed by atoms with Gasteiger partial charge >= 0.3 is 12.0 Å². The van der Waals surface area contributed by atoms with Gasteiger partial charge in [-0.25, -0.2) is 9.59 Å². The molecule has 3 rings (SSSR count). The number of carbonyl (C=O) groups is 5. The monoisotopic (exact) mass is 317 g/mol. The molecular formula is C14H11N3O6. The van der Waals surface area contributed by atoms with E-state index in [1.165, 1.54) is 12.1 Å². The minimum absolute atomic E-state index is 0.0574. The quantitative estimate of drug-likeness (QED) is 0.765. The minimum atomic E-state index is -0.955. The van der Waals surface area contributed by atoms with Crippen molar-refractivity contribution in [1.82, 2.24) is 15.3 Å². The number of hydrogen-bond donors (Lipinski definition) is 1. The van der Waals surface area contributed by atoms with Crippen LogP contribution in [0.25, 0.3) is 0 Å². The molecule has 1 fully saturated rings. The molecule has 5 amide bonds. The van der Waals surface area contributed by atoms with Crippen molar-refractivity contribution in [3.05, 3.63) is 35.4 Å². The van der Waals surface area contributed by atoms with Crippen molar-refractivity contribution in [2.75, 3.05) is 13.1 Å². The molecule has 2 heterocycles. The summed E-state index contributed by atoms with van der Waals surface area (Å²) in [5.74, 6) is -2.86. The summed E-state index contributed by atoms with van der Waals surface area (Å²) >= 11 is 0. The van der Waals surface area contributed by atoms with Crippen LogP contribution in [0.4, 0.5) is 4.79 Å². The first-order valence-electron chi connectivity index (χ1n) is 6.75. The number of carbonyl (C=O) groups excluding carboxylic acids is 5. The fourth-order valence-electron chi connectivity index (χ4n) is 2.29. The Morgan fingerprint density at radius 2 is 1.70 bits per heavy atom. The number of imide groups is 2. The molecule has 0 bridgehead atoms. The standard InChI is InChI=1S/C14H11N3O6/c18-10-5-6-16(14(22)15-10)7-11(19)23-17-12(20)8-3-1-2-4-9(8)13(17)21/h1-4H,5-7H2,(H,15,18,22). The van der Waals surface area contributed by atoms with Gasteiger partial charge in [0.05, 0.1) is 11.1 Å². The molecule has 0 aliphatic carbocycles. The van der Waals surface area contributed by atoms with Gasteiger partial charge in [-0.3, -0.25) is 19.7 Å². The smallest absolute Gasteiger partial charge is 0.328 e. The molecule has 0 saturated carbocycles. The largest absolute Gasteiger partial charge is 0.352 e. The van der Waals surface area contributed by atoms with E-state index < -0.39 is 36.3 Å². The molecule has 0 radical (unpaired) electrons. The van der Waals surface area contributed by atoms with E-state index in [0.717, 1.165) is 4.90 Å². The summed E-state index contributed by atoms with van der Waals surface area (Å²) in [6.07, 6.45) is 0.0615. The topological polar surface area (TPSA) is 113 Å². The number of hydroxylamine groups is 2. The Morgan fingerprint density at radius 1 is 1.09 bits per heavy atom. The lowest BCUT2D eigenvalue weighted by atomic mass is 10.1. The molecule has 0 atom stereocenters. The van der Waals surface area contributed by atoms with Crippen LogP contribution in [0.5, 0.6) is 0 Å². The average Bonchev–Trinajstić information content (AvgIpc) is 2.76. The Kier molecular flexibility index (Phi) is 3.53. The van der Waals surface area contributed by atoms with Crippen LogP contribution in [0.1, 0.15) is 27.1 Å². The highest BCUT2D eigenvalue weighted by atomic mass is 16.7. The van der Waals surface area contributed by atoms with E-state index in [-0.39, 0.29) is 24.1 Å². The predicted octanol–water partition coefficient (Wildman–Crippen LogP) is -0.317. The highest BCUT2D eigenvalue weighted by Crippen LogP contribution is 2.22. The Labute approximate surface area is 129 Å². The van der Waals surface area contributed by atoms with Gasteiger partial charge in [0, 0.05) is 13.0 Å². The molecule has 2 aliphatic heterocycles. The van der Waals surface area contributed by atoms with Crippen LogP contribution in [-0.2, 0) is 14.4 Å². The molecule has 2 aliphatic rings. The van der Waals surface area contributed by atoms with E-state index in [9.17, 15) is 24.0 Å². The average molecular weight is 317 g/mol. The third-order valence-electron chi connectivity index (χ3n) is 3.41. The molecule has 1 aromatic rings. The van der Waals surface area contributed by atoms with Gasteiger partial charge in [-0.05, 0) is 12.1 Å². The summed E-state index contributed by atoms with van der Waals surface area (Å²) < 4.78 is 0. The fourth-order valence-corrected chi connectivity index (χ4v) is 2.29. The molecule has 9 heteroatoms. The number of fused-ring (bicyclic) bond motifs is 1. The second kappa shape index (κ2) is 5.52. The highest BCUT2D eigenvalue weighted by molar-refractivity contribution is 6.20. The molecule has 0 unspecified atom stereocenters. The van der Waals surface area contributed by atoms with E-state index in [0.29, 0.717) is 5.06 Å². The van der Waals surface area contributed by atoms with Gasteiger partial charge in [-0.2, -0.15) is 0 Å². The van der Waals surface area contributed by atoms with Crippen LogP contribution in [0.2, 0.25) is 0 Å². The van der Waals surface area contributed by atoms with Crippen molar-refractivity contribution in [2.24, 2.45) is 0 Å². The van der Waals surface area contributed by atoms with Crippen LogP contribution in [0, 0.1) is 0 Å². The van der Waals surface area contributed by atoms with E-state index in [1.807, 2.05) is 0 Å². The summed E-state index contributed by atoms with van der Waals surface area (Å²) in [5, 5.41) is 2.43. The van der Waals surface area contributed by atoms with Crippen molar-refractivity contribution in [1.29, 1.82) is 0 Å². The second-order valence-corrected chi connectivity index (χ2v) is 4.94. The van der Waals surface area contributed by atoms with Gasteiger partial charge in [0.2, 0.25) is 5.91 Å². The van der Waals surface area contributed by atoms with Crippen LogP contribution < -0.4 is 5.32 Å².